The number of fused-ring (bicyclic) bond motifs is 1. The average molecular weight is 406 g/mol. The normalized spacial score (nSPS) is 19.5. The van der Waals surface area contributed by atoms with Gasteiger partial charge in [-0.3, -0.25) is 0 Å². The number of rotatable bonds is 3. The van der Waals surface area contributed by atoms with Crippen molar-refractivity contribution in [3.8, 4) is 0 Å². The zero-order valence-electron chi connectivity index (χ0n) is 15.3. The summed E-state index contributed by atoms with van der Waals surface area (Å²) in [6, 6.07) is 0. The highest BCUT2D eigenvalue weighted by Gasteiger charge is 2.34. The fourth-order valence-corrected chi connectivity index (χ4v) is 5.27. The van der Waals surface area contributed by atoms with E-state index >= 15 is 0 Å². The highest BCUT2D eigenvalue weighted by molar-refractivity contribution is 7.95. The molecule has 2 aliphatic carbocycles. The number of aromatic nitrogens is 3. The average Bonchev–Trinajstić information content (AvgIpc) is 2.98. The van der Waals surface area contributed by atoms with Crippen molar-refractivity contribution >= 4 is 32.3 Å². The second-order valence-corrected chi connectivity index (χ2v) is 9.04. The molecular formula is C19H20F2N4O2S. The van der Waals surface area contributed by atoms with E-state index in [4.69, 9.17) is 5.73 Å². The number of nitrogen functional groups attached to an aromatic ring is 1. The Morgan fingerprint density at radius 2 is 2.04 bits per heavy atom. The number of anilines is 1. The molecule has 6 nitrogen and oxygen atoms in total. The van der Waals surface area contributed by atoms with Crippen molar-refractivity contribution in [1.82, 2.24) is 15.0 Å². The van der Waals surface area contributed by atoms with Gasteiger partial charge in [0.05, 0.1) is 11.2 Å². The first-order valence-electron chi connectivity index (χ1n) is 9.03. The van der Waals surface area contributed by atoms with Gasteiger partial charge in [-0.2, -0.15) is 0 Å². The Hall–Kier alpha value is -2.55. The fourth-order valence-electron chi connectivity index (χ4n) is 3.62. The van der Waals surface area contributed by atoms with Gasteiger partial charge < -0.3 is 10.7 Å². The molecule has 0 saturated heterocycles. The largest absolute Gasteiger partial charge is 0.384 e. The van der Waals surface area contributed by atoms with Crippen molar-refractivity contribution in [2.75, 3.05) is 5.73 Å². The number of allylic oxidation sites excluding steroid dienone is 6. The quantitative estimate of drug-likeness (QED) is 0.800. The van der Waals surface area contributed by atoms with E-state index in [0.717, 1.165) is 0 Å². The van der Waals surface area contributed by atoms with E-state index in [0.29, 0.717) is 35.4 Å². The number of hydrogen-bond donors (Lipinski definition) is 2. The van der Waals surface area contributed by atoms with E-state index in [1.54, 1.807) is 19.1 Å². The van der Waals surface area contributed by atoms with Crippen LogP contribution < -0.4 is 5.73 Å². The lowest BCUT2D eigenvalue weighted by molar-refractivity contribution is -0.00604. The van der Waals surface area contributed by atoms with E-state index in [1.165, 1.54) is 6.08 Å². The predicted molar refractivity (Wildman–Crippen MR) is 103 cm³/mol. The zero-order chi connectivity index (χ0) is 20.1. The lowest BCUT2D eigenvalue weighted by Crippen LogP contribution is -2.18. The molecule has 4 rings (SSSR count). The van der Waals surface area contributed by atoms with Gasteiger partial charge in [0.25, 0.3) is 5.92 Å². The number of nitrogens with zero attached hydrogens (tertiary/aromatic N) is 2. The fraction of sp³-hybridized carbons (Fsp3) is 0.368. The summed E-state index contributed by atoms with van der Waals surface area (Å²) in [4.78, 5) is 11.8. The third-order valence-electron chi connectivity index (χ3n) is 5.04. The van der Waals surface area contributed by atoms with Crippen LogP contribution in [-0.4, -0.2) is 29.3 Å². The van der Waals surface area contributed by atoms with Crippen molar-refractivity contribution in [3.63, 3.8) is 0 Å². The highest BCUT2D eigenvalue weighted by Crippen LogP contribution is 2.40. The Morgan fingerprint density at radius 3 is 2.68 bits per heavy atom. The standard InChI is InChI=1S/C19H20F2N4O2S/c1-11-23-14(12-7-9-19(20,21)10-8-12)15-16(24-11)17(18(22)25-15)28(26,27)13-5-3-2-4-6-13/h2-3,5,7,25H,4,6,8-10,22H2,1H3. The third kappa shape index (κ3) is 3.13. The van der Waals surface area contributed by atoms with Crippen molar-refractivity contribution < 1.29 is 17.2 Å². The number of alkyl halides is 2. The lowest BCUT2D eigenvalue weighted by Gasteiger charge is -2.21. The van der Waals surface area contributed by atoms with Gasteiger partial charge in [-0.15, -0.1) is 0 Å². The topological polar surface area (TPSA) is 102 Å². The van der Waals surface area contributed by atoms with Crippen LogP contribution in [0.2, 0.25) is 0 Å². The number of sulfone groups is 1. The Morgan fingerprint density at radius 1 is 1.25 bits per heavy atom. The minimum Gasteiger partial charge on any atom is -0.384 e. The molecule has 0 aromatic carbocycles. The summed E-state index contributed by atoms with van der Waals surface area (Å²) in [5.41, 5.74) is 7.70. The molecular weight excluding hydrogens is 386 g/mol. The number of aryl methyl sites for hydroxylation is 1. The second kappa shape index (κ2) is 6.51. The SMILES string of the molecule is Cc1nc(C2=CCC(F)(F)CC2)c2[nH]c(N)c(S(=O)(=O)C3=CC=CCC3)c2n1. The van der Waals surface area contributed by atoms with Crippen LogP contribution >= 0.6 is 0 Å². The van der Waals surface area contributed by atoms with Gasteiger partial charge >= 0.3 is 0 Å². The van der Waals surface area contributed by atoms with E-state index in [2.05, 4.69) is 15.0 Å². The second-order valence-electron chi connectivity index (χ2n) is 7.10. The number of halogens is 2. The first-order valence-corrected chi connectivity index (χ1v) is 10.5. The molecule has 0 amide bonds. The van der Waals surface area contributed by atoms with E-state index in [-0.39, 0.29) is 40.4 Å². The number of H-pyrrole nitrogens is 1. The Labute approximate surface area is 161 Å². The molecule has 0 fully saturated rings. The molecule has 0 radical (unpaired) electrons. The predicted octanol–water partition coefficient (Wildman–Crippen LogP) is 4.06. The van der Waals surface area contributed by atoms with Gasteiger partial charge in [0.2, 0.25) is 9.84 Å². The van der Waals surface area contributed by atoms with Gasteiger partial charge in [0.15, 0.2) is 0 Å². The van der Waals surface area contributed by atoms with E-state index < -0.39 is 15.8 Å². The van der Waals surface area contributed by atoms with Crippen molar-refractivity contribution in [2.45, 2.75) is 49.8 Å². The molecule has 2 aliphatic rings. The van der Waals surface area contributed by atoms with Gasteiger partial charge in [-0.1, -0.05) is 18.2 Å². The summed E-state index contributed by atoms with van der Waals surface area (Å²) in [7, 11) is -3.83. The van der Waals surface area contributed by atoms with Crippen LogP contribution in [0.15, 0.2) is 34.1 Å². The van der Waals surface area contributed by atoms with Crippen molar-refractivity contribution in [1.29, 1.82) is 0 Å². The summed E-state index contributed by atoms with van der Waals surface area (Å²) in [5, 5.41) is 0. The zero-order valence-corrected chi connectivity index (χ0v) is 16.1. The molecule has 0 saturated carbocycles. The summed E-state index contributed by atoms with van der Waals surface area (Å²) in [6.45, 7) is 1.64. The maximum Gasteiger partial charge on any atom is 0.251 e. The van der Waals surface area contributed by atoms with Gasteiger partial charge in [0.1, 0.15) is 22.1 Å². The smallest absolute Gasteiger partial charge is 0.251 e. The van der Waals surface area contributed by atoms with Gasteiger partial charge in [0, 0.05) is 17.7 Å². The number of aromatic amines is 1. The van der Waals surface area contributed by atoms with Crippen LogP contribution in [0.1, 0.15) is 43.6 Å². The minimum atomic E-state index is -3.83. The summed E-state index contributed by atoms with van der Waals surface area (Å²) >= 11 is 0. The van der Waals surface area contributed by atoms with E-state index in [1.807, 2.05) is 6.08 Å². The first kappa shape index (κ1) is 18.8. The maximum absolute atomic E-state index is 13.5. The molecule has 28 heavy (non-hydrogen) atoms. The molecule has 3 N–H and O–H groups in total. The van der Waals surface area contributed by atoms with Crippen LogP contribution in [0.3, 0.4) is 0 Å². The van der Waals surface area contributed by atoms with Crippen LogP contribution in [0.5, 0.6) is 0 Å². The number of nitrogens with two attached hydrogens (primary N) is 1. The summed E-state index contributed by atoms with van der Waals surface area (Å²) in [5.74, 6) is -2.39. The third-order valence-corrected chi connectivity index (χ3v) is 7.02. The van der Waals surface area contributed by atoms with Crippen LogP contribution in [0.4, 0.5) is 14.6 Å². The summed E-state index contributed by atoms with van der Waals surface area (Å²) in [6.07, 6.45) is 7.17. The molecule has 9 heteroatoms. The van der Waals surface area contributed by atoms with Crippen molar-refractivity contribution in [3.05, 3.63) is 40.7 Å². The van der Waals surface area contributed by atoms with Gasteiger partial charge in [-0.05, 0) is 37.8 Å². The Bertz CT molecular complexity index is 1160. The molecule has 0 atom stereocenters. The molecule has 2 heterocycles. The molecule has 0 unspecified atom stereocenters. The van der Waals surface area contributed by atoms with Crippen molar-refractivity contribution in [2.24, 2.45) is 0 Å². The Balaban J connectivity index is 1.91. The van der Waals surface area contributed by atoms with Crippen LogP contribution in [0.25, 0.3) is 16.6 Å². The van der Waals surface area contributed by atoms with Gasteiger partial charge in [-0.25, -0.2) is 27.2 Å². The Kier molecular flexibility index (Phi) is 4.37. The highest BCUT2D eigenvalue weighted by atomic mass is 32.2. The molecule has 2 aromatic heterocycles. The van der Waals surface area contributed by atoms with Crippen LogP contribution in [0, 0.1) is 6.92 Å². The van der Waals surface area contributed by atoms with E-state index in [9.17, 15) is 17.2 Å². The molecule has 148 valence electrons. The molecule has 2 aromatic rings. The maximum atomic E-state index is 13.5. The summed E-state index contributed by atoms with van der Waals surface area (Å²) < 4.78 is 53.4. The monoisotopic (exact) mass is 406 g/mol. The first-order chi connectivity index (χ1) is 13.2. The molecule has 0 spiro atoms. The van der Waals surface area contributed by atoms with Crippen LogP contribution in [-0.2, 0) is 9.84 Å². The lowest BCUT2D eigenvalue weighted by atomic mass is 9.93. The minimum absolute atomic E-state index is 0.0201. The number of nitrogens with one attached hydrogen (secondary N) is 1. The molecule has 0 aliphatic heterocycles. The number of hydrogen-bond acceptors (Lipinski definition) is 5. The molecule has 0 bridgehead atoms.